The van der Waals surface area contributed by atoms with E-state index in [1.165, 1.54) is 12.1 Å². The van der Waals surface area contributed by atoms with Crippen molar-refractivity contribution >= 4 is 12.0 Å². The van der Waals surface area contributed by atoms with E-state index in [1.807, 2.05) is 24.3 Å². The number of urea groups is 1. The van der Waals surface area contributed by atoms with E-state index in [4.69, 9.17) is 9.84 Å². The minimum atomic E-state index is -0.966. The maximum atomic E-state index is 12.2. The zero-order valence-corrected chi connectivity index (χ0v) is 13.7. The molecule has 0 radical (unpaired) electrons. The van der Waals surface area contributed by atoms with Crippen LogP contribution in [0, 0.1) is 0 Å². The third-order valence-electron chi connectivity index (χ3n) is 4.15. The number of benzene rings is 2. The molecule has 0 aromatic heterocycles. The first kappa shape index (κ1) is 16.8. The van der Waals surface area contributed by atoms with E-state index in [2.05, 4.69) is 10.6 Å². The summed E-state index contributed by atoms with van der Waals surface area (Å²) < 4.78 is 5.70. The van der Waals surface area contributed by atoms with Gasteiger partial charge in [-0.05, 0) is 36.6 Å². The molecule has 25 heavy (non-hydrogen) atoms. The van der Waals surface area contributed by atoms with Crippen LogP contribution in [0.2, 0.25) is 0 Å². The number of nitrogens with one attached hydrogen (secondary N) is 2. The van der Waals surface area contributed by atoms with Gasteiger partial charge in [0.2, 0.25) is 0 Å². The summed E-state index contributed by atoms with van der Waals surface area (Å²) >= 11 is 0. The summed E-state index contributed by atoms with van der Waals surface area (Å²) in [6.07, 6.45) is 1.69. The van der Waals surface area contributed by atoms with Crippen molar-refractivity contribution in [3.8, 4) is 5.75 Å². The number of para-hydroxylation sites is 1. The van der Waals surface area contributed by atoms with Crippen LogP contribution in [0.25, 0.3) is 0 Å². The molecule has 1 aliphatic rings. The lowest BCUT2D eigenvalue weighted by molar-refractivity contribution is 0.0697. The third kappa shape index (κ3) is 4.29. The minimum absolute atomic E-state index is 0.0897. The summed E-state index contributed by atoms with van der Waals surface area (Å²) in [5.74, 6) is -0.152. The Morgan fingerprint density at radius 2 is 1.88 bits per heavy atom. The maximum Gasteiger partial charge on any atom is 0.335 e. The van der Waals surface area contributed by atoms with Gasteiger partial charge in [-0.3, -0.25) is 0 Å². The smallest absolute Gasteiger partial charge is 0.335 e. The van der Waals surface area contributed by atoms with Crippen molar-refractivity contribution in [2.75, 3.05) is 6.61 Å². The molecule has 1 aliphatic heterocycles. The van der Waals surface area contributed by atoms with Crippen molar-refractivity contribution in [2.24, 2.45) is 0 Å². The highest BCUT2D eigenvalue weighted by atomic mass is 16.5. The summed E-state index contributed by atoms with van der Waals surface area (Å²) in [6, 6.07) is 13.8. The molecule has 1 unspecified atom stereocenters. The number of ether oxygens (including phenoxy) is 1. The molecule has 0 saturated heterocycles. The van der Waals surface area contributed by atoms with Crippen LogP contribution < -0.4 is 15.4 Å². The average molecular weight is 340 g/mol. The highest BCUT2D eigenvalue weighted by Gasteiger charge is 2.20. The van der Waals surface area contributed by atoms with Gasteiger partial charge in [-0.15, -0.1) is 0 Å². The van der Waals surface area contributed by atoms with Crippen LogP contribution in [0.15, 0.2) is 48.5 Å². The first-order valence-corrected chi connectivity index (χ1v) is 8.22. The maximum absolute atomic E-state index is 12.2. The quantitative estimate of drug-likeness (QED) is 0.798. The van der Waals surface area contributed by atoms with Crippen LogP contribution in [0.4, 0.5) is 4.79 Å². The highest BCUT2D eigenvalue weighted by Crippen LogP contribution is 2.30. The van der Waals surface area contributed by atoms with E-state index >= 15 is 0 Å². The second kappa shape index (κ2) is 7.70. The molecule has 6 heteroatoms. The summed E-state index contributed by atoms with van der Waals surface area (Å²) in [5.41, 5.74) is 2.05. The first-order valence-electron chi connectivity index (χ1n) is 8.22. The Hall–Kier alpha value is -3.02. The van der Waals surface area contributed by atoms with Gasteiger partial charge in [-0.25, -0.2) is 9.59 Å². The lowest BCUT2D eigenvalue weighted by atomic mass is 10.0. The SMILES string of the molecule is O=C(NCc1ccc(C(=O)O)cc1)NC1CCCOc2ccccc21. The lowest BCUT2D eigenvalue weighted by Gasteiger charge is -2.18. The molecule has 3 N–H and O–H groups in total. The highest BCUT2D eigenvalue weighted by molar-refractivity contribution is 5.87. The molecule has 2 aromatic rings. The number of carboxylic acids is 1. The molecule has 0 saturated carbocycles. The molecule has 3 rings (SSSR count). The number of rotatable bonds is 4. The van der Waals surface area contributed by atoms with E-state index in [0.29, 0.717) is 13.2 Å². The Morgan fingerprint density at radius 1 is 1.12 bits per heavy atom. The number of hydrogen-bond acceptors (Lipinski definition) is 3. The Kier molecular flexibility index (Phi) is 5.18. The van der Waals surface area contributed by atoms with Crippen molar-refractivity contribution in [2.45, 2.75) is 25.4 Å². The Morgan fingerprint density at radius 3 is 2.64 bits per heavy atom. The predicted molar refractivity (Wildman–Crippen MR) is 92.7 cm³/mol. The zero-order chi connectivity index (χ0) is 17.6. The molecule has 130 valence electrons. The number of amides is 2. The summed E-state index contributed by atoms with van der Waals surface area (Å²) in [5, 5.41) is 14.7. The van der Waals surface area contributed by atoms with E-state index < -0.39 is 5.97 Å². The minimum Gasteiger partial charge on any atom is -0.493 e. The first-order chi connectivity index (χ1) is 12.1. The van der Waals surface area contributed by atoms with Gasteiger partial charge in [-0.1, -0.05) is 30.3 Å². The monoisotopic (exact) mass is 340 g/mol. The molecule has 6 nitrogen and oxygen atoms in total. The fourth-order valence-electron chi connectivity index (χ4n) is 2.83. The van der Waals surface area contributed by atoms with Gasteiger partial charge in [0.15, 0.2) is 0 Å². The van der Waals surface area contributed by atoms with Gasteiger partial charge in [0.05, 0.1) is 18.2 Å². The van der Waals surface area contributed by atoms with Crippen molar-refractivity contribution in [3.05, 3.63) is 65.2 Å². The Labute approximate surface area is 145 Å². The molecular weight excluding hydrogens is 320 g/mol. The van der Waals surface area contributed by atoms with Crippen molar-refractivity contribution in [3.63, 3.8) is 0 Å². The van der Waals surface area contributed by atoms with E-state index in [9.17, 15) is 9.59 Å². The predicted octanol–water partition coefficient (Wildman–Crippen LogP) is 3.10. The van der Waals surface area contributed by atoms with E-state index in [0.717, 1.165) is 29.7 Å². The number of fused-ring (bicyclic) bond motifs is 1. The summed E-state index contributed by atoms with van der Waals surface area (Å²) in [4.78, 5) is 23.1. The Bertz CT molecular complexity index is 758. The van der Waals surface area contributed by atoms with Crippen molar-refractivity contribution in [1.82, 2.24) is 10.6 Å². The van der Waals surface area contributed by atoms with Crippen LogP contribution in [-0.2, 0) is 6.54 Å². The molecule has 1 heterocycles. The number of carbonyl (C=O) groups is 2. The van der Waals surface area contributed by atoms with Gasteiger partial charge in [0.1, 0.15) is 5.75 Å². The van der Waals surface area contributed by atoms with E-state index in [1.54, 1.807) is 12.1 Å². The van der Waals surface area contributed by atoms with E-state index in [-0.39, 0.29) is 17.6 Å². The molecule has 1 atom stereocenters. The topological polar surface area (TPSA) is 87.7 Å². The second-order valence-electron chi connectivity index (χ2n) is 5.91. The third-order valence-corrected chi connectivity index (χ3v) is 4.15. The largest absolute Gasteiger partial charge is 0.493 e. The number of carboxylic acid groups (broad SMARTS) is 1. The number of carbonyl (C=O) groups excluding carboxylic acids is 1. The summed E-state index contributed by atoms with van der Waals surface area (Å²) in [7, 11) is 0. The second-order valence-corrected chi connectivity index (χ2v) is 5.91. The van der Waals surface area contributed by atoms with Crippen LogP contribution in [-0.4, -0.2) is 23.7 Å². The average Bonchev–Trinajstić information content (AvgIpc) is 2.83. The number of aromatic carboxylic acids is 1. The van der Waals surface area contributed by atoms with Crippen LogP contribution in [0.5, 0.6) is 5.75 Å². The molecule has 0 spiro atoms. The molecule has 2 amide bonds. The molecule has 0 fully saturated rings. The molecular formula is C19H20N2O4. The van der Waals surface area contributed by atoms with Gasteiger partial charge in [-0.2, -0.15) is 0 Å². The van der Waals surface area contributed by atoms with Crippen LogP contribution >= 0.6 is 0 Å². The van der Waals surface area contributed by atoms with Crippen LogP contribution in [0.1, 0.15) is 40.4 Å². The Balaban J connectivity index is 1.58. The fraction of sp³-hybridized carbons (Fsp3) is 0.263. The molecule has 0 aliphatic carbocycles. The zero-order valence-electron chi connectivity index (χ0n) is 13.7. The molecule has 2 aromatic carbocycles. The van der Waals surface area contributed by atoms with Gasteiger partial charge >= 0.3 is 12.0 Å². The molecule has 0 bridgehead atoms. The summed E-state index contributed by atoms with van der Waals surface area (Å²) in [6.45, 7) is 0.976. The fourth-order valence-corrected chi connectivity index (χ4v) is 2.83. The van der Waals surface area contributed by atoms with Gasteiger partial charge in [0.25, 0.3) is 0 Å². The van der Waals surface area contributed by atoms with Crippen LogP contribution in [0.3, 0.4) is 0 Å². The van der Waals surface area contributed by atoms with Crippen molar-refractivity contribution < 1.29 is 19.4 Å². The van der Waals surface area contributed by atoms with Crippen molar-refractivity contribution in [1.29, 1.82) is 0 Å². The van der Waals surface area contributed by atoms with Gasteiger partial charge < -0.3 is 20.5 Å². The standard InChI is InChI=1S/C19H20N2O4/c22-18(23)14-9-7-13(8-10-14)12-20-19(24)21-16-5-3-11-25-17-6-2-1-4-15(16)17/h1-2,4,6-10,16H,3,5,11-12H2,(H,22,23)(H2,20,21,24). The number of hydrogen-bond donors (Lipinski definition) is 3. The normalized spacial score (nSPS) is 16.1. The lowest BCUT2D eigenvalue weighted by Crippen LogP contribution is -2.37. The van der Waals surface area contributed by atoms with Gasteiger partial charge in [0, 0.05) is 12.1 Å².